The van der Waals surface area contributed by atoms with Gasteiger partial charge in [-0.15, -0.1) is 0 Å². The van der Waals surface area contributed by atoms with Crippen molar-refractivity contribution in [2.75, 3.05) is 39.3 Å². The number of aliphatic hydroxyl groups excluding tert-OH is 1. The van der Waals surface area contributed by atoms with Gasteiger partial charge in [0.1, 0.15) is 0 Å². The summed E-state index contributed by atoms with van der Waals surface area (Å²) >= 11 is 0. The third-order valence-corrected chi connectivity index (χ3v) is 6.37. The summed E-state index contributed by atoms with van der Waals surface area (Å²) in [5.41, 5.74) is 4.86. The number of aromatic amines is 1. The molecule has 8 heteroatoms. The van der Waals surface area contributed by atoms with Gasteiger partial charge in [-0.3, -0.25) is 19.9 Å². The van der Waals surface area contributed by atoms with Crippen LogP contribution in [0.15, 0.2) is 34.5 Å². The van der Waals surface area contributed by atoms with Crippen molar-refractivity contribution in [1.29, 1.82) is 10.5 Å². The van der Waals surface area contributed by atoms with Crippen LogP contribution in [0.5, 0.6) is 0 Å². The minimum atomic E-state index is -0.453. The summed E-state index contributed by atoms with van der Waals surface area (Å²) in [6.45, 7) is 9.14. The molecular weight excluding hydrogens is 390 g/mol. The maximum Gasteiger partial charge on any atom is 0.0973 e. The van der Waals surface area contributed by atoms with Gasteiger partial charge in [0, 0.05) is 56.3 Å². The summed E-state index contributed by atoms with van der Waals surface area (Å²) < 4.78 is 0. The Morgan fingerprint density at radius 3 is 2.58 bits per heavy atom. The smallest absolute Gasteiger partial charge is 0.0973 e. The van der Waals surface area contributed by atoms with Gasteiger partial charge in [-0.05, 0) is 31.5 Å². The number of rotatable bonds is 5. The highest BCUT2D eigenvalue weighted by Crippen LogP contribution is 2.39. The van der Waals surface area contributed by atoms with Gasteiger partial charge in [-0.2, -0.15) is 15.6 Å². The number of nitrogens with zero attached hydrogens (tertiary/aromatic N) is 6. The van der Waals surface area contributed by atoms with Crippen molar-refractivity contribution >= 4 is 16.6 Å². The van der Waals surface area contributed by atoms with Gasteiger partial charge < -0.3 is 5.11 Å². The Hall–Kier alpha value is -3.04. The Kier molecular flexibility index (Phi) is 6.15. The number of hydrogen-bond donors (Lipinski definition) is 2. The Morgan fingerprint density at radius 1 is 1.16 bits per heavy atom. The van der Waals surface area contributed by atoms with Crippen LogP contribution in [0.3, 0.4) is 0 Å². The van der Waals surface area contributed by atoms with Gasteiger partial charge in [0.15, 0.2) is 0 Å². The fraction of sp³-hybridized carbons (Fsp3) is 0.478. The maximum absolute atomic E-state index is 9.79. The summed E-state index contributed by atoms with van der Waals surface area (Å²) in [6.07, 6.45) is 0. The second-order valence-electron chi connectivity index (χ2n) is 8.27. The van der Waals surface area contributed by atoms with E-state index in [1.165, 1.54) is 0 Å². The van der Waals surface area contributed by atoms with Gasteiger partial charge >= 0.3 is 0 Å². The zero-order valence-corrected chi connectivity index (χ0v) is 18.0. The maximum atomic E-state index is 9.79. The topological polar surface area (TPSA) is 115 Å². The van der Waals surface area contributed by atoms with Gasteiger partial charge in [-0.1, -0.05) is 6.07 Å². The van der Waals surface area contributed by atoms with Crippen molar-refractivity contribution in [3.63, 3.8) is 0 Å². The van der Waals surface area contributed by atoms with Crippen LogP contribution in [0.1, 0.15) is 31.0 Å². The van der Waals surface area contributed by atoms with E-state index in [1.54, 1.807) is 0 Å². The molecule has 2 aromatic rings. The number of fused-ring (bicyclic) bond motifs is 1. The van der Waals surface area contributed by atoms with Gasteiger partial charge in [0.25, 0.3) is 0 Å². The summed E-state index contributed by atoms with van der Waals surface area (Å²) in [6, 6.07) is 10.7. The molecular formula is C23H27N7O. The molecule has 4 rings (SSSR count). The summed E-state index contributed by atoms with van der Waals surface area (Å²) in [4.78, 5) is 9.09. The molecule has 8 nitrogen and oxygen atoms in total. The van der Waals surface area contributed by atoms with Crippen LogP contribution in [0.2, 0.25) is 0 Å². The van der Waals surface area contributed by atoms with Crippen molar-refractivity contribution in [3.8, 4) is 12.1 Å². The monoisotopic (exact) mass is 417 g/mol. The summed E-state index contributed by atoms with van der Waals surface area (Å²) in [7, 11) is 0. The van der Waals surface area contributed by atoms with E-state index in [4.69, 9.17) is 5.11 Å². The number of nitriles is 2. The third-order valence-electron chi connectivity index (χ3n) is 6.37. The molecule has 160 valence electrons. The van der Waals surface area contributed by atoms with E-state index in [2.05, 4.69) is 43.2 Å². The number of nitrogens with one attached hydrogen (secondary N) is 1. The molecule has 0 amide bonds. The molecule has 0 radical (unpaired) electrons. The third kappa shape index (κ3) is 4.11. The fourth-order valence-corrected chi connectivity index (χ4v) is 4.64. The molecule has 0 saturated carbocycles. The highest BCUT2D eigenvalue weighted by atomic mass is 16.3. The molecule has 2 unspecified atom stereocenters. The lowest BCUT2D eigenvalue weighted by atomic mass is 9.76. The minimum absolute atomic E-state index is 0.196. The van der Waals surface area contributed by atoms with Gasteiger partial charge in [-0.25, -0.2) is 0 Å². The van der Waals surface area contributed by atoms with Gasteiger partial charge in [0.05, 0.1) is 47.1 Å². The van der Waals surface area contributed by atoms with Crippen LogP contribution in [-0.4, -0.2) is 70.1 Å². The van der Waals surface area contributed by atoms with E-state index in [-0.39, 0.29) is 12.5 Å². The number of hydrogen-bond acceptors (Lipinski definition) is 7. The molecule has 2 aliphatic rings. The molecule has 0 bridgehead atoms. The largest absolute Gasteiger partial charge is 0.395 e. The van der Waals surface area contributed by atoms with Crippen LogP contribution >= 0.6 is 0 Å². The molecule has 3 heterocycles. The van der Waals surface area contributed by atoms with E-state index >= 15 is 0 Å². The SMILES string of the molecule is CC1=NC(C)=C(C#N)C(c2ccc3n[nH]c(CN4CCN(CCO)CC4)c3c2)C1C#N. The molecule has 1 saturated heterocycles. The van der Waals surface area contributed by atoms with Crippen LogP contribution < -0.4 is 0 Å². The molecule has 2 N–H and O–H groups in total. The van der Waals surface area contributed by atoms with E-state index < -0.39 is 5.92 Å². The zero-order chi connectivity index (χ0) is 22.0. The van der Waals surface area contributed by atoms with Gasteiger partial charge in [0.2, 0.25) is 0 Å². The molecule has 1 fully saturated rings. The van der Waals surface area contributed by atoms with Crippen LogP contribution in [0.25, 0.3) is 10.9 Å². The molecule has 2 aliphatic heterocycles. The first kappa shape index (κ1) is 21.2. The van der Waals surface area contributed by atoms with Crippen molar-refractivity contribution in [2.24, 2.45) is 10.9 Å². The minimum Gasteiger partial charge on any atom is -0.395 e. The van der Waals surface area contributed by atoms with E-state index in [9.17, 15) is 10.5 Å². The first-order chi connectivity index (χ1) is 15.0. The highest BCUT2D eigenvalue weighted by Gasteiger charge is 2.34. The molecule has 1 aromatic heterocycles. The quantitative estimate of drug-likeness (QED) is 0.770. The van der Waals surface area contributed by atoms with Crippen LogP contribution in [0.4, 0.5) is 0 Å². The van der Waals surface area contributed by atoms with Crippen molar-refractivity contribution in [2.45, 2.75) is 26.3 Å². The number of H-pyrrole nitrogens is 1. The number of allylic oxidation sites excluding steroid dienone is 2. The van der Waals surface area contributed by atoms with E-state index in [0.29, 0.717) is 11.3 Å². The van der Waals surface area contributed by atoms with Crippen molar-refractivity contribution < 1.29 is 5.11 Å². The number of aromatic nitrogens is 2. The standard InChI is InChI=1S/C23H27N7O/c1-15-19(12-24)23(20(13-25)16(2)26-15)17-3-4-21-18(11-17)22(28-27-21)14-30-7-5-29(6-8-30)9-10-31/h3-4,11,19,23,31H,5-10,14H2,1-2H3,(H,27,28). The molecule has 0 spiro atoms. The summed E-state index contributed by atoms with van der Waals surface area (Å²) in [5.74, 6) is -0.771. The lowest BCUT2D eigenvalue weighted by Gasteiger charge is -2.34. The van der Waals surface area contributed by atoms with Crippen LogP contribution in [0, 0.1) is 28.6 Å². The van der Waals surface area contributed by atoms with Crippen molar-refractivity contribution in [3.05, 3.63) is 40.7 Å². The molecule has 2 atom stereocenters. The van der Waals surface area contributed by atoms with E-state index in [1.807, 2.05) is 26.0 Å². The normalized spacial score (nSPS) is 22.9. The fourth-order valence-electron chi connectivity index (χ4n) is 4.64. The lowest BCUT2D eigenvalue weighted by Crippen LogP contribution is -2.46. The highest BCUT2D eigenvalue weighted by molar-refractivity contribution is 5.91. The number of piperazine rings is 1. The molecule has 1 aromatic carbocycles. The number of aliphatic imine (C=N–C) groups is 1. The summed E-state index contributed by atoms with van der Waals surface area (Å²) in [5, 5.41) is 37.4. The molecule has 31 heavy (non-hydrogen) atoms. The van der Waals surface area contributed by atoms with E-state index in [0.717, 1.165) is 67.1 Å². The Balaban J connectivity index is 1.62. The van der Waals surface area contributed by atoms with Crippen molar-refractivity contribution in [1.82, 2.24) is 20.0 Å². The van der Waals surface area contributed by atoms with Crippen LogP contribution in [-0.2, 0) is 6.54 Å². The predicted octanol–water partition coefficient (Wildman–Crippen LogP) is 2.17. The second-order valence-corrected chi connectivity index (χ2v) is 8.27. The Labute approximate surface area is 182 Å². The Bertz CT molecular complexity index is 1110. The number of benzene rings is 1. The zero-order valence-electron chi connectivity index (χ0n) is 18.0. The number of aliphatic hydroxyl groups is 1. The first-order valence-corrected chi connectivity index (χ1v) is 10.6. The average molecular weight is 418 g/mol. The first-order valence-electron chi connectivity index (χ1n) is 10.6. The average Bonchev–Trinajstić information content (AvgIpc) is 3.17. The second kappa shape index (κ2) is 8.99. The number of β-amino-alcohol motifs (C(OH)–C–C–N with tert-alkyl or cyclic N) is 1. The molecule has 0 aliphatic carbocycles. The predicted molar refractivity (Wildman–Crippen MR) is 118 cm³/mol. The Morgan fingerprint density at radius 2 is 1.90 bits per heavy atom. The lowest BCUT2D eigenvalue weighted by molar-refractivity contribution is 0.108.